The molecule has 1 aliphatic heterocycles. The van der Waals surface area contributed by atoms with Crippen LogP contribution >= 0.6 is 0 Å². The highest BCUT2D eigenvalue weighted by Gasteiger charge is 2.39. The fraction of sp³-hybridized carbons (Fsp3) is 0.455. The molecule has 2 rings (SSSR count). The molecule has 2 atom stereocenters. The van der Waals surface area contributed by atoms with E-state index in [0.29, 0.717) is 6.42 Å². The minimum Gasteiger partial charge on any atom is -0.326 e. The number of sulfonamides is 1. The maximum absolute atomic E-state index is 12.5. The van der Waals surface area contributed by atoms with Crippen LogP contribution in [0.1, 0.15) is 13.3 Å². The third kappa shape index (κ3) is 2.34. The lowest BCUT2D eigenvalue weighted by Crippen LogP contribution is -2.40. The molecule has 1 aliphatic rings. The number of para-hydroxylation sites is 1. The summed E-state index contributed by atoms with van der Waals surface area (Å²) >= 11 is 0. The van der Waals surface area contributed by atoms with Crippen molar-refractivity contribution in [3.63, 3.8) is 0 Å². The van der Waals surface area contributed by atoms with Crippen LogP contribution in [0.5, 0.6) is 0 Å². The number of hydrogen-bond donors (Lipinski definition) is 1. The smallest absolute Gasteiger partial charge is 0.289 e. The molecule has 0 unspecified atom stereocenters. The van der Waals surface area contributed by atoms with E-state index in [1.165, 1.54) is 28.6 Å². The summed E-state index contributed by atoms with van der Waals surface area (Å²) in [5.41, 5.74) is 5.39. The quantitative estimate of drug-likeness (QED) is 0.650. The van der Waals surface area contributed by atoms with Crippen molar-refractivity contribution in [1.29, 1.82) is 0 Å². The Morgan fingerprint density at radius 2 is 2.05 bits per heavy atom. The first kappa shape index (κ1) is 13.9. The highest BCUT2D eigenvalue weighted by Crippen LogP contribution is 2.30. The normalized spacial score (nSPS) is 24.5. The Kier molecular flexibility index (Phi) is 3.57. The number of nitrogens with two attached hydrogens (primary N) is 1. The Morgan fingerprint density at radius 3 is 2.58 bits per heavy atom. The van der Waals surface area contributed by atoms with Gasteiger partial charge in [-0.2, -0.15) is 4.31 Å². The van der Waals surface area contributed by atoms with Gasteiger partial charge in [-0.05, 0) is 19.4 Å². The van der Waals surface area contributed by atoms with E-state index in [-0.39, 0.29) is 23.5 Å². The molecule has 8 heteroatoms. The molecule has 0 amide bonds. The van der Waals surface area contributed by atoms with Crippen molar-refractivity contribution in [1.82, 2.24) is 4.31 Å². The van der Waals surface area contributed by atoms with E-state index in [4.69, 9.17) is 5.73 Å². The molecule has 0 spiro atoms. The van der Waals surface area contributed by atoms with Gasteiger partial charge in [0.1, 0.15) is 0 Å². The zero-order valence-corrected chi connectivity index (χ0v) is 11.2. The number of nitro groups is 1. The summed E-state index contributed by atoms with van der Waals surface area (Å²) in [6, 6.07) is 4.76. The van der Waals surface area contributed by atoms with Gasteiger partial charge in [0.25, 0.3) is 5.69 Å². The topological polar surface area (TPSA) is 107 Å². The van der Waals surface area contributed by atoms with E-state index < -0.39 is 20.6 Å². The highest BCUT2D eigenvalue weighted by molar-refractivity contribution is 7.89. The van der Waals surface area contributed by atoms with Crippen molar-refractivity contribution < 1.29 is 13.3 Å². The third-order valence-electron chi connectivity index (χ3n) is 3.41. The molecule has 7 nitrogen and oxygen atoms in total. The Labute approximate surface area is 111 Å². The van der Waals surface area contributed by atoms with Crippen molar-refractivity contribution >= 4 is 15.7 Å². The molecule has 0 saturated carbocycles. The molecular formula is C11H15N3O4S. The van der Waals surface area contributed by atoms with Gasteiger partial charge in [0, 0.05) is 24.7 Å². The zero-order valence-electron chi connectivity index (χ0n) is 10.4. The second-order valence-electron chi connectivity index (χ2n) is 4.53. The monoisotopic (exact) mass is 285 g/mol. The first-order valence-corrected chi connectivity index (χ1v) is 7.30. The molecule has 0 radical (unpaired) electrons. The molecule has 19 heavy (non-hydrogen) atoms. The third-order valence-corrected chi connectivity index (χ3v) is 5.44. The number of benzene rings is 1. The average molecular weight is 285 g/mol. The van der Waals surface area contributed by atoms with Crippen LogP contribution in [-0.4, -0.2) is 36.3 Å². The van der Waals surface area contributed by atoms with Gasteiger partial charge in [0.05, 0.1) is 4.92 Å². The fourth-order valence-corrected chi connectivity index (χ4v) is 4.08. The van der Waals surface area contributed by atoms with E-state index in [0.717, 1.165) is 0 Å². The van der Waals surface area contributed by atoms with E-state index >= 15 is 0 Å². The second kappa shape index (κ2) is 4.87. The van der Waals surface area contributed by atoms with Crippen LogP contribution in [-0.2, 0) is 10.0 Å². The van der Waals surface area contributed by atoms with E-state index in [1.54, 1.807) is 6.92 Å². The summed E-state index contributed by atoms with van der Waals surface area (Å²) in [7, 11) is -3.88. The highest BCUT2D eigenvalue weighted by atomic mass is 32.2. The minimum absolute atomic E-state index is 0.238. The van der Waals surface area contributed by atoms with Crippen LogP contribution in [0.25, 0.3) is 0 Å². The molecule has 0 bridgehead atoms. The van der Waals surface area contributed by atoms with Crippen LogP contribution in [0.3, 0.4) is 0 Å². The van der Waals surface area contributed by atoms with Crippen molar-refractivity contribution in [3.8, 4) is 0 Å². The Bertz CT molecular complexity index is 602. The predicted octanol–water partition coefficient (Wildman–Crippen LogP) is 0.705. The average Bonchev–Trinajstić information content (AvgIpc) is 2.70. The Morgan fingerprint density at radius 1 is 1.42 bits per heavy atom. The van der Waals surface area contributed by atoms with Gasteiger partial charge in [-0.3, -0.25) is 10.1 Å². The summed E-state index contributed by atoms with van der Waals surface area (Å²) in [6.45, 7) is 2.00. The molecule has 0 aromatic heterocycles. The van der Waals surface area contributed by atoms with Gasteiger partial charge in [-0.15, -0.1) is 0 Å². The second-order valence-corrected chi connectivity index (χ2v) is 6.39. The summed E-state index contributed by atoms with van der Waals surface area (Å²) < 4.78 is 26.2. The van der Waals surface area contributed by atoms with Crippen molar-refractivity contribution in [3.05, 3.63) is 34.4 Å². The molecule has 1 fully saturated rings. The van der Waals surface area contributed by atoms with Crippen LogP contribution in [0.15, 0.2) is 29.2 Å². The van der Waals surface area contributed by atoms with Gasteiger partial charge in [0.2, 0.25) is 10.0 Å². The molecule has 2 N–H and O–H groups in total. The van der Waals surface area contributed by atoms with Gasteiger partial charge in [0.15, 0.2) is 4.90 Å². The number of nitro benzene ring substituents is 1. The van der Waals surface area contributed by atoms with Gasteiger partial charge in [-0.25, -0.2) is 8.42 Å². The molecule has 104 valence electrons. The predicted molar refractivity (Wildman–Crippen MR) is 69.0 cm³/mol. The molecule has 1 saturated heterocycles. The minimum atomic E-state index is -3.88. The Balaban J connectivity index is 2.49. The van der Waals surface area contributed by atoms with Gasteiger partial charge in [-0.1, -0.05) is 12.1 Å². The van der Waals surface area contributed by atoms with Crippen molar-refractivity contribution in [2.75, 3.05) is 6.54 Å². The van der Waals surface area contributed by atoms with E-state index in [1.807, 2.05) is 0 Å². The lowest BCUT2D eigenvalue weighted by atomic mass is 10.2. The van der Waals surface area contributed by atoms with Crippen molar-refractivity contribution in [2.45, 2.75) is 30.3 Å². The van der Waals surface area contributed by atoms with E-state index in [2.05, 4.69) is 0 Å². The lowest BCUT2D eigenvalue weighted by Gasteiger charge is -2.22. The molecular weight excluding hydrogens is 270 g/mol. The van der Waals surface area contributed by atoms with Crippen LogP contribution < -0.4 is 5.73 Å². The van der Waals surface area contributed by atoms with Gasteiger partial charge < -0.3 is 5.73 Å². The van der Waals surface area contributed by atoms with E-state index in [9.17, 15) is 18.5 Å². The SMILES string of the molecule is C[C@H]1[C@@H](N)CCN1S(=O)(=O)c1ccccc1[N+](=O)[O-]. The maximum atomic E-state index is 12.5. The first-order chi connectivity index (χ1) is 8.85. The van der Waals surface area contributed by atoms with Crippen molar-refractivity contribution in [2.24, 2.45) is 5.73 Å². The van der Waals surface area contributed by atoms with Crippen LogP contribution in [0.4, 0.5) is 5.69 Å². The Hall–Kier alpha value is -1.51. The molecule has 0 aliphatic carbocycles. The molecule has 1 aromatic carbocycles. The fourth-order valence-electron chi connectivity index (χ4n) is 2.23. The summed E-state index contributed by atoms with van der Waals surface area (Å²) in [5, 5.41) is 10.9. The summed E-state index contributed by atoms with van der Waals surface area (Å²) in [5.74, 6) is 0. The standard InChI is InChI=1S/C11H15N3O4S/c1-8-9(12)6-7-13(8)19(17,18)11-5-3-2-4-10(11)14(15)16/h2-5,8-9H,6-7,12H2,1H3/t8-,9-/m0/s1. The number of nitrogens with zero attached hydrogens (tertiary/aromatic N) is 2. The van der Waals surface area contributed by atoms with Crippen LogP contribution in [0.2, 0.25) is 0 Å². The molecule has 1 heterocycles. The van der Waals surface area contributed by atoms with Gasteiger partial charge >= 0.3 is 0 Å². The summed E-state index contributed by atoms with van der Waals surface area (Å²) in [4.78, 5) is 9.96. The molecule has 1 aromatic rings. The summed E-state index contributed by atoms with van der Waals surface area (Å²) in [6.07, 6.45) is 0.557. The lowest BCUT2D eigenvalue weighted by molar-refractivity contribution is -0.387. The largest absolute Gasteiger partial charge is 0.326 e. The number of rotatable bonds is 3. The van der Waals surface area contributed by atoms with Crippen LogP contribution in [0, 0.1) is 10.1 Å². The zero-order chi connectivity index (χ0) is 14.2. The number of hydrogen-bond acceptors (Lipinski definition) is 5. The first-order valence-electron chi connectivity index (χ1n) is 5.86. The maximum Gasteiger partial charge on any atom is 0.289 e.